The molecule has 0 aliphatic carbocycles. The molecule has 0 saturated carbocycles. The second-order valence-corrected chi connectivity index (χ2v) is 4.63. The predicted molar refractivity (Wildman–Crippen MR) is 69.8 cm³/mol. The lowest BCUT2D eigenvalue weighted by Crippen LogP contribution is -2.19. The molecule has 1 atom stereocenters. The number of rotatable bonds is 3. The largest absolute Gasteiger partial charge is 0.376 e. The van der Waals surface area contributed by atoms with Gasteiger partial charge in [0.1, 0.15) is 0 Å². The number of halogens is 1. The van der Waals surface area contributed by atoms with Crippen LogP contribution in [-0.4, -0.2) is 34.4 Å². The van der Waals surface area contributed by atoms with Crippen molar-refractivity contribution in [2.75, 3.05) is 18.5 Å². The number of aromatic nitrogens is 3. The van der Waals surface area contributed by atoms with Crippen LogP contribution in [0.15, 0.2) is 18.5 Å². The van der Waals surface area contributed by atoms with E-state index < -0.39 is 0 Å². The zero-order chi connectivity index (χ0) is 12.4. The summed E-state index contributed by atoms with van der Waals surface area (Å²) in [4.78, 5) is 4.10. The fourth-order valence-corrected chi connectivity index (χ4v) is 2.31. The maximum atomic E-state index is 6.00. The first-order valence-electron chi connectivity index (χ1n) is 5.96. The van der Waals surface area contributed by atoms with Gasteiger partial charge in [-0.25, -0.2) is 0 Å². The molecular weight excluding hydrogens is 252 g/mol. The van der Waals surface area contributed by atoms with Gasteiger partial charge in [0.05, 0.1) is 6.10 Å². The third-order valence-corrected chi connectivity index (χ3v) is 3.34. The van der Waals surface area contributed by atoms with E-state index in [0.29, 0.717) is 11.0 Å². The standard InChI is InChI=1S/C12H13ClN4O/c13-11-9-3-4-14-7-10(9)12(17-16-11)15-6-8-2-1-5-18-8/h3-4,7-8H,1-2,5-6H2,(H,15,17)/t8-/m0/s1. The highest BCUT2D eigenvalue weighted by molar-refractivity contribution is 6.34. The monoisotopic (exact) mass is 264 g/mol. The van der Waals surface area contributed by atoms with Gasteiger partial charge < -0.3 is 10.1 Å². The van der Waals surface area contributed by atoms with Crippen LogP contribution in [0.1, 0.15) is 12.8 Å². The molecule has 0 radical (unpaired) electrons. The van der Waals surface area contributed by atoms with Gasteiger partial charge >= 0.3 is 0 Å². The lowest BCUT2D eigenvalue weighted by atomic mass is 10.2. The van der Waals surface area contributed by atoms with Crippen molar-refractivity contribution in [3.8, 4) is 0 Å². The topological polar surface area (TPSA) is 59.9 Å². The summed E-state index contributed by atoms with van der Waals surface area (Å²) in [5.74, 6) is 0.706. The van der Waals surface area contributed by atoms with E-state index in [-0.39, 0.29) is 6.10 Å². The normalized spacial score (nSPS) is 19.3. The van der Waals surface area contributed by atoms with Crippen LogP contribution in [0.2, 0.25) is 5.15 Å². The first-order valence-corrected chi connectivity index (χ1v) is 6.34. The molecule has 1 aliphatic rings. The molecule has 5 nitrogen and oxygen atoms in total. The van der Waals surface area contributed by atoms with Crippen molar-refractivity contribution in [3.05, 3.63) is 23.6 Å². The van der Waals surface area contributed by atoms with Crippen molar-refractivity contribution in [2.45, 2.75) is 18.9 Å². The van der Waals surface area contributed by atoms with Crippen molar-refractivity contribution in [2.24, 2.45) is 0 Å². The Labute approximate surface area is 110 Å². The average Bonchev–Trinajstić information content (AvgIpc) is 2.92. The van der Waals surface area contributed by atoms with E-state index in [1.54, 1.807) is 12.4 Å². The quantitative estimate of drug-likeness (QED) is 0.922. The van der Waals surface area contributed by atoms with E-state index in [1.165, 1.54) is 0 Å². The maximum Gasteiger partial charge on any atom is 0.159 e. The van der Waals surface area contributed by atoms with Crippen molar-refractivity contribution in [1.82, 2.24) is 15.2 Å². The number of fused-ring (bicyclic) bond motifs is 1. The molecule has 1 fully saturated rings. The van der Waals surface area contributed by atoms with Gasteiger partial charge in [0.2, 0.25) is 0 Å². The summed E-state index contributed by atoms with van der Waals surface area (Å²) in [5.41, 5.74) is 0. The second-order valence-electron chi connectivity index (χ2n) is 4.28. The lowest BCUT2D eigenvalue weighted by molar-refractivity contribution is 0.120. The number of anilines is 1. The molecule has 0 aromatic carbocycles. The summed E-state index contributed by atoms with van der Waals surface area (Å²) in [6, 6.07) is 1.84. The van der Waals surface area contributed by atoms with Gasteiger partial charge in [0.25, 0.3) is 0 Å². The van der Waals surface area contributed by atoms with Gasteiger partial charge in [0, 0.05) is 36.3 Å². The molecule has 0 unspecified atom stereocenters. The van der Waals surface area contributed by atoms with Crippen LogP contribution < -0.4 is 5.32 Å². The number of pyridine rings is 1. The fraction of sp³-hybridized carbons (Fsp3) is 0.417. The highest BCUT2D eigenvalue weighted by atomic mass is 35.5. The van der Waals surface area contributed by atoms with E-state index >= 15 is 0 Å². The molecule has 1 saturated heterocycles. The minimum Gasteiger partial charge on any atom is -0.376 e. The number of hydrogen-bond donors (Lipinski definition) is 1. The first-order chi connectivity index (χ1) is 8.84. The van der Waals surface area contributed by atoms with Crippen molar-refractivity contribution in [1.29, 1.82) is 0 Å². The molecule has 3 heterocycles. The van der Waals surface area contributed by atoms with Crippen LogP contribution in [0.4, 0.5) is 5.82 Å². The number of hydrogen-bond acceptors (Lipinski definition) is 5. The summed E-state index contributed by atoms with van der Waals surface area (Å²) in [6.45, 7) is 1.58. The Bertz CT molecular complexity index is 557. The van der Waals surface area contributed by atoms with Crippen LogP contribution >= 0.6 is 11.6 Å². The molecule has 3 rings (SSSR count). The molecule has 0 spiro atoms. The zero-order valence-electron chi connectivity index (χ0n) is 9.77. The Hall–Kier alpha value is -1.46. The first kappa shape index (κ1) is 11.6. The molecule has 2 aromatic rings. The molecule has 94 valence electrons. The van der Waals surface area contributed by atoms with Crippen LogP contribution in [0.5, 0.6) is 0 Å². The van der Waals surface area contributed by atoms with Gasteiger partial charge in [-0.1, -0.05) is 11.6 Å². The van der Waals surface area contributed by atoms with E-state index in [4.69, 9.17) is 16.3 Å². The minimum atomic E-state index is 0.259. The fourth-order valence-electron chi connectivity index (χ4n) is 2.11. The smallest absolute Gasteiger partial charge is 0.159 e. The van der Waals surface area contributed by atoms with Gasteiger partial charge in [-0.2, -0.15) is 0 Å². The van der Waals surface area contributed by atoms with Crippen LogP contribution in [-0.2, 0) is 4.74 Å². The van der Waals surface area contributed by atoms with E-state index in [1.807, 2.05) is 6.07 Å². The third-order valence-electron chi connectivity index (χ3n) is 3.06. The van der Waals surface area contributed by atoms with Gasteiger partial charge in [-0.05, 0) is 18.9 Å². The zero-order valence-corrected chi connectivity index (χ0v) is 10.5. The summed E-state index contributed by atoms with van der Waals surface area (Å²) in [6.07, 6.45) is 5.91. The molecule has 2 aromatic heterocycles. The maximum absolute atomic E-state index is 6.00. The van der Waals surface area contributed by atoms with Crippen molar-refractivity contribution >= 4 is 28.2 Å². The molecule has 1 aliphatic heterocycles. The van der Waals surface area contributed by atoms with E-state index in [0.717, 1.165) is 36.8 Å². The highest BCUT2D eigenvalue weighted by Gasteiger charge is 2.16. The molecular formula is C12H13ClN4O. The Morgan fingerprint density at radius 3 is 3.17 bits per heavy atom. The molecule has 18 heavy (non-hydrogen) atoms. The summed E-state index contributed by atoms with van der Waals surface area (Å²) in [7, 11) is 0. The number of nitrogens with one attached hydrogen (secondary N) is 1. The number of nitrogens with zero attached hydrogens (tertiary/aromatic N) is 3. The lowest BCUT2D eigenvalue weighted by Gasteiger charge is -2.12. The SMILES string of the molecule is Clc1nnc(NC[C@@H]2CCCO2)c2cnccc12. The van der Waals surface area contributed by atoms with Gasteiger partial charge in [-0.15, -0.1) is 10.2 Å². The molecule has 0 amide bonds. The molecule has 6 heteroatoms. The average molecular weight is 265 g/mol. The minimum absolute atomic E-state index is 0.259. The second kappa shape index (κ2) is 5.04. The van der Waals surface area contributed by atoms with Gasteiger partial charge in [-0.3, -0.25) is 4.98 Å². The van der Waals surface area contributed by atoms with Crippen LogP contribution in [0.25, 0.3) is 10.8 Å². The molecule has 0 bridgehead atoms. The Morgan fingerprint density at radius 1 is 1.39 bits per heavy atom. The Morgan fingerprint density at radius 2 is 2.33 bits per heavy atom. The number of ether oxygens (including phenoxy) is 1. The van der Waals surface area contributed by atoms with Crippen molar-refractivity contribution < 1.29 is 4.74 Å². The predicted octanol–water partition coefficient (Wildman–Crippen LogP) is 2.27. The summed E-state index contributed by atoms with van der Waals surface area (Å²) >= 11 is 6.00. The van der Waals surface area contributed by atoms with E-state index in [9.17, 15) is 0 Å². The van der Waals surface area contributed by atoms with Gasteiger partial charge in [0.15, 0.2) is 11.0 Å². The summed E-state index contributed by atoms with van der Waals surface area (Å²) in [5, 5.41) is 13.4. The summed E-state index contributed by atoms with van der Waals surface area (Å²) < 4.78 is 5.56. The Balaban J connectivity index is 1.85. The molecule has 1 N–H and O–H groups in total. The highest BCUT2D eigenvalue weighted by Crippen LogP contribution is 2.25. The van der Waals surface area contributed by atoms with Crippen LogP contribution in [0, 0.1) is 0 Å². The van der Waals surface area contributed by atoms with Crippen LogP contribution in [0.3, 0.4) is 0 Å². The Kier molecular flexibility index (Phi) is 3.25. The van der Waals surface area contributed by atoms with Crippen molar-refractivity contribution in [3.63, 3.8) is 0 Å². The third kappa shape index (κ3) is 2.23. The van der Waals surface area contributed by atoms with E-state index in [2.05, 4.69) is 20.5 Å².